The van der Waals surface area contributed by atoms with Crippen LogP contribution >= 0.6 is 0 Å². The molecule has 0 aliphatic heterocycles. The van der Waals surface area contributed by atoms with Gasteiger partial charge in [0, 0.05) is 35.3 Å². The van der Waals surface area contributed by atoms with Crippen molar-refractivity contribution in [3.63, 3.8) is 0 Å². The summed E-state index contributed by atoms with van der Waals surface area (Å²) in [7, 11) is -0.850. The number of hydrogen-bond donors (Lipinski definition) is 3. The van der Waals surface area contributed by atoms with Crippen LogP contribution in [0.2, 0.25) is 0 Å². The molecule has 0 aliphatic carbocycles. The number of rotatable bonds is 7. The maximum atomic E-state index is 12.1. The summed E-state index contributed by atoms with van der Waals surface area (Å²) in [6, 6.07) is 0. The highest BCUT2D eigenvalue weighted by Crippen LogP contribution is 2.15. The molecule has 1 aromatic heterocycles. The van der Waals surface area contributed by atoms with Crippen molar-refractivity contribution in [1.82, 2.24) is 15.3 Å². The summed E-state index contributed by atoms with van der Waals surface area (Å²) in [5.74, 6) is 6.31. The lowest BCUT2D eigenvalue weighted by Gasteiger charge is -2.11. The third-order valence-electron chi connectivity index (χ3n) is 2.59. The Bertz CT molecular complexity index is 493. The first kappa shape index (κ1) is 16.5. The normalized spacial score (nSPS) is 12.2. The largest absolute Gasteiger partial charge is 0.351 e. The van der Waals surface area contributed by atoms with Crippen LogP contribution in [0.25, 0.3) is 0 Å². The maximum absolute atomic E-state index is 12.1. The fourth-order valence-corrected chi connectivity index (χ4v) is 2.06. The molecule has 0 spiro atoms. The zero-order valence-corrected chi connectivity index (χ0v) is 12.8. The minimum atomic E-state index is -0.850. The summed E-state index contributed by atoms with van der Waals surface area (Å²) in [6.45, 7) is 4.34. The quantitative estimate of drug-likeness (QED) is 0.381. The third-order valence-corrected chi connectivity index (χ3v) is 3.45. The minimum absolute atomic E-state index is 0.121. The van der Waals surface area contributed by atoms with E-state index in [1.54, 1.807) is 6.26 Å². The molecule has 112 valence electrons. The molecule has 8 heteroatoms. The van der Waals surface area contributed by atoms with Crippen molar-refractivity contribution < 1.29 is 9.00 Å². The number of carbonyl (C=O) groups is 1. The van der Waals surface area contributed by atoms with Crippen molar-refractivity contribution in [2.75, 3.05) is 24.0 Å². The van der Waals surface area contributed by atoms with E-state index in [4.69, 9.17) is 5.84 Å². The standard InChI is InChI=1S/C12H21N5O2S/c1-8(2)11-15-7-9(17-13)10(16-11)12(18)14-5-4-6-20(3)19/h7-8,17H,4-6,13H2,1-3H3,(H,14,18). The average Bonchev–Trinajstić information content (AvgIpc) is 2.42. The topological polar surface area (TPSA) is 110 Å². The highest BCUT2D eigenvalue weighted by Gasteiger charge is 2.15. The predicted molar refractivity (Wildman–Crippen MR) is 79.8 cm³/mol. The van der Waals surface area contributed by atoms with Crippen LogP contribution in [0.4, 0.5) is 5.69 Å². The van der Waals surface area contributed by atoms with E-state index in [-0.39, 0.29) is 17.5 Å². The molecule has 20 heavy (non-hydrogen) atoms. The van der Waals surface area contributed by atoms with Gasteiger partial charge in [-0.3, -0.25) is 14.8 Å². The van der Waals surface area contributed by atoms with Crippen LogP contribution in [-0.2, 0) is 10.8 Å². The first-order valence-electron chi connectivity index (χ1n) is 6.37. The molecule has 7 nitrogen and oxygen atoms in total. The van der Waals surface area contributed by atoms with Crippen LogP contribution in [0.5, 0.6) is 0 Å². The highest BCUT2D eigenvalue weighted by molar-refractivity contribution is 7.84. The number of nitrogens with one attached hydrogen (secondary N) is 2. The van der Waals surface area contributed by atoms with Crippen LogP contribution in [-0.4, -0.2) is 38.6 Å². The summed E-state index contributed by atoms with van der Waals surface area (Å²) in [6.07, 6.45) is 3.79. The third kappa shape index (κ3) is 4.86. The number of nitrogens with two attached hydrogens (primary N) is 1. The van der Waals surface area contributed by atoms with Gasteiger partial charge in [-0.25, -0.2) is 9.97 Å². The first-order valence-corrected chi connectivity index (χ1v) is 8.10. The molecule has 0 aromatic carbocycles. The van der Waals surface area contributed by atoms with Gasteiger partial charge in [-0.05, 0) is 6.42 Å². The van der Waals surface area contributed by atoms with Crippen molar-refractivity contribution in [3.8, 4) is 0 Å². The molecule has 4 N–H and O–H groups in total. The van der Waals surface area contributed by atoms with Crippen molar-refractivity contribution in [2.45, 2.75) is 26.2 Å². The molecule has 0 radical (unpaired) electrons. The molecular formula is C12H21N5O2S. The molecule has 0 saturated heterocycles. The fourth-order valence-electron chi connectivity index (χ4n) is 1.51. The molecule has 1 rings (SSSR count). The molecule has 0 saturated carbocycles. The van der Waals surface area contributed by atoms with E-state index in [1.165, 1.54) is 6.20 Å². The van der Waals surface area contributed by atoms with E-state index in [2.05, 4.69) is 20.7 Å². The van der Waals surface area contributed by atoms with Crippen molar-refractivity contribution >= 4 is 22.4 Å². The van der Waals surface area contributed by atoms with Gasteiger partial charge in [0.2, 0.25) is 0 Å². The van der Waals surface area contributed by atoms with Gasteiger partial charge in [-0.15, -0.1) is 0 Å². The Labute approximate surface area is 121 Å². The minimum Gasteiger partial charge on any atom is -0.351 e. The Morgan fingerprint density at radius 1 is 1.50 bits per heavy atom. The molecule has 0 bridgehead atoms. The van der Waals surface area contributed by atoms with Gasteiger partial charge in [0.15, 0.2) is 5.69 Å². The number of hydrazine groups is 1. The molecule has 0 fully saturated rings. The van der Waals surface area contributed by atoms with Gasteiger partial charge in [-0.1, -0.05) is 13.8 Å². The summed E-state index contributed by atoms with van der Waals surface area (Å²) in [5.41, 5.74) is 3.02. The van der Waals surface area contributed by atoms with Crippen LogP contribution in [0.3, 0.4) is 0 Å². The lowest BCUT2D eigenvalue weighted by Crippen LogP contribution is -2.28. The Kier molecular flexibility index (Phi) is 6.53. The molecule has 1 aromatic rings. The summed E-state index contributed by atoms with van der Waals surface area (Å²) in [5, 5.41) is 2.74. The van der Waals surface area contributed by atoms with Crippen molar-refractivity contribution in [2.24, 2.45) is 5.84 Å². The maximum Gasteiger partial charge on any atom is 0.272 e. The second-order valence-corrected chi connectivity index (χ2v) is 6.23. The lowest BCUT2D eigenvalue weighted by molar-refractivity contribution is 0.0949. The zero-order valence-electron chi connectivity index (χ0n) is 12.0. The van der Waals surface area contributed by atoms with Crippen LogP contribution in [0.1, 0.15) is 42.5 Å². The Morgan fingerprint density at radius 2 is 2.20 bits per heavy atom. The Hall–Kier alpha value is -1.54. The second kappa shape index (κ2) is 7.91. The number of amides is 1. The predicted octanol–water partition coefficient (Wildman–Crippen LogP) is 0.384. The van der Waals surface area contributed by atoms with E-state index in [1.807, 2.05) is 13.8 Å². The molecule has 0 aliphatic rings. The number of anilines is 1. The van der Waals surface area contributed by atoms with E-state index in [9.17, 15) is 9.00 Å². The molecular weight excluding hydrogens is 278 g/mol. The lowest BCUT2D eigenvalue weighted by atomic mass is 10.2. The van der Waals surface area contributed by atoms with Gasteiger partial charge in [0.05, 0.1) is 11.9 Å². The van der Waals surface area contributed by atoms with Crippen LogP contribution in [0.15, 0.2) is 6.20 Å². The van der Waals surface area contributed by atoms with Gasteiger partial charge < -0.3 is 10.7 Å². The van der Waals surface area contributed by atoms with Crippen molar-refractivity contribution in [1.29, 1.82) is 0 Å². The summed E-state index contributed by atoms with van der Waals surface area (Å²) >= 11 is 0. The molecule has 1 amide bonds. The van der Waals surface area contributed by atoms with Gasteiger partial charge >= 0.3 is 0 Å². The summed E-state index contributed by atoms with van der Waals surface area (Å²) < 4.78 is 10.9. The molecule has 1 heterocycles. The van der Waals surface area contributed by atoms with Gasteiger partial charge in [0.1, 0.15) is 5.82 Å². The van der Waals surface area contributed by atoms with E-state index >= 15 is 0 Å². The number of aromatic nitrogens is 2. The van der Waals surface area contributed by atoms with Gasteiger partial charge in [0.25, 0.3) is 5.91 Å². The summed E-state index contributed by atoms with van der Waals surface area (Å²) in [4.78, 5) is 20.4. The van der Waals surface area contributed by atoms with Crippen LogP contribution < -0.4 is 16.6 Å². The average molecular weight is 299 g/mol. The number of nitrogen functional groups attached to an aromatic ring is 1. The number of carbonyl (C=O) groups excluding carboxylic acids is 1. The second-order valence-electron chi connectivity index (χ2n) is 4.68. The van der Waals surface area contributed by atoms with Crippen LogP contribution in [0, 0.1) is 0 Å². The van der Waals surface area contributed by atoms with E-state index < -0.39 is 10.8 Å². The van der Waals surface area contributed by atoms with Gasteiger partial charge in [-0.2, -0.15) is 0 Å². The monoisotopic (exact) mass is 299 g/mol. The van der Waals surface area contributed by atoms with E-state index in [0.29, 0.717) is 30.2 Å². The number of hydrogen-bond acceptors (Lipinski definition) is 6. The number of nitrogens with zero attached hydrogens (tertiary/aromatic N) is 2. The fraction of sp³-hybridized carbons (Fsp3) is 0.583. The van der Waals surface area contributed by atoms with Crippen molar-refractivity contribution in [3.05, 3.63) is 17.7 Å². The molecule has 1 unspecified atom stereocenters. The Balaban J connectivity index is 2.74. The zero-order chi connectivity index (χ0) is 15.1. The SMILES string of the molecule is CC(C)c1ncc(NN)c(C(=O)NCCCS(C)=O)n1. The molecule has 1 atom stereocenters. The van der Waals surface area contributed by atoms with E-state index in [0.717, 1.165) is 0 Å². The Morgan fingerprint density at radius 3 is 2.75 bits per heavy atom. The first-order chi connectivity index (χ1) is 9.45. The smallest absolute Gasteiger partial charge is 0.272 e. The highest BCUT2D eigenvalue weighted by atomic mass is 32.2.